The summed E-state index contributed by atoms with van der Waals surface area (Å²) in [6.45, 7) is 1.95. The van der Waals surface area contributed by atoms with Gasteiger partial charge in [0.2, 0.25) is 0 Å². The van der Waals surface area contributed by atoms with Crippen LogP contribution in [0.1, 0.15) is 16.8 Å². The molecule has 0 unspecified atom stereocenters. The number of anilines is 1. The van der Waals surface area contributed by atoms with Crippen LogP contribution in [0, 0.1) is 0 Å². The van der Waals surface area contributed by atoms with E-state index in [1.54, 1.807) is 69.9 Å². The van der Waals surface area contributed by atoms with Gasteiger partial charge in [0.15, 0.2) is 0 Å². The minimum Gasteiger partial charge on any atom is -0.337 e. The fraction of sp³-hybridized carbons (Fsp3) is 0.208. The number of para-hydroxylation sites is 1. The van der Waals surface area contributed by atoms with Gasteiger partial charge in [-0.1, -0.05) is 18.2 Å². The fourth-order valence-corrected chi connectivity index (χ4v) is 5.91. The number of nitrogens with zero attached hydrogens (tertiary/aromatic N) is 3. The Morgan fingerprint density at radius 3 is 2.36 bits per heavy atom. The van der Waals surface area contributed by atoms with Crippen molar-refractivity contribution in [2.45, 2.75) is 11.3 Å². The Labute approximate surface area is 212 Å². The maximum absolute atomic E-state index is 13.1. The standard InChI is InChI=1S/C24H24N6O4S2/c31-23(29-12-3-13-30(15-14-29)24(32)20-16-35-28-26-20)18-7-9-19(10-8-18)27-36(33,34)21-6-1-4-17-5-2-11-25-22(17)21/h1-2,4-11,16,26-28H,3,12-15H2. The first kappa shape index (κ1) is 24.1. The van der Waals surface area contributed by atoms with Gasteiger partial charge in [-0.2, -0.15) is 4.83 Å². The van der Waals surface area contributed by atoms with Crippen LogP contribution >= 0.6 is 11.9 Å². The molecular weight excluding hydrogens is 500 g/mol. The van der Waals surface area contributed by atoms with E-state index >= 15 is 0 Å². The Morgan fingerprint density at radius 1 is 0.917 bits per heavy atom. The number of carbonyl (C=O) groups is 2. The number of carbonyl (C=O) groups excluding carboxylic acids is 2. The lowest BCUT2D eigenvalue weighted by Crippen LogP contribution is -2.40. The van der Waals surface area contributed by atoms with E-state index in [2.05, 4.69) is 20.0 Å². The van der Waals surface area contributed by atoms with Crippen molar-refractivity contribution in [2.75, 3.05) is 30.9 Å². The number of benzene rings is 2. The third-order valence-corrected chi connectivity index (χ3v) is 7.98. The molecule has 3 N–H and O–H groups in total. The molecular formula is C24H24N6O4S2. The first-order chi connectivity index (χ1) is 17.4. The van der Waals surface area contributed by atoms with Gasteiger partial charge in [-0.15, -0.1) is 0 Å². The van der Waals surface area contributed by atoms with Gasteiger partial charge >= 0.3 is 0 Å². The van der Waals surface area contributed by atoms with E-state index in [-0.39, 0.29) is 16.7 Å². The molecule has 2 amide bonds. The van der Waals surface area contributed by atoms with E-state index in [1.807, 2.05) is 0 Å². The second kappa shape index (κ2) is 10.2. The number of amides is 2. The first-order valence-electron chi connectivity index (χ1n) is 11.3. The van der Waals surface area contributed by atoms with E-state index in [0.717, 1.165) is 5.39 Å². The SMILES string of the molecule is O=C(C1=CSNN1)N1CCCN(C(=O)c2ccc(NS(=O)(=O)c3cccc4cccnc34)cc2)CC1. The van der Waals surface area contributed by atoms with E-state index in [0.29, 0.717) is 55.1 Å². The van der Waals surface area contributed by atoms with Gasteiger partial charge in [0.25, 0.3) is 21.8 Å². The Hall–Kier alpha value is -3.61. The molecule has 0 atom stereocenters. The molecule has 3 aromatic rings. The van der Waals surface area contributed by atoms with Gasteiger partial charge < -0.3 is 15.2 Å². The summed E-state index contributed by atoms with van der Waals surface area (Å²) < 4.78 is 28.6. The van der Waals surface area contributed by atoms with E-state index in [1.165, 1.54) is 18.0 Å². The molecule has 0 bridgehead atoms. The number of pyridine rings is 1. The third-order valence-electron chi connectivity index (χ3n) is 5.99. The van der Waals surface area contributed by atoms with Crippen LogP contribution in [0.15, 0.2) is 76.8 Å². The second-order valence-electron chi connectivity index (χ2n) is 8.33. The van der Waals surface area contributed by atoms with Crippen molar-refractivity contribution in [1.29, 1.82) is 0 Å². The van der Waals surface area contributed by atoms with Crippen LogP contribution in [0.5, 0.6) is 0 Å². The molecule has 0 spiro atoms. The molecule has 1 aromatic heterocycles. The molecule has 36 heavy (non-hydrogen) atoms. The lowest BCUT2D eigenvalue weighted by molar-refractivity contribution is -0.127. The molecule has 2 aliphatic heterocycles. The van der Waals surface area contributed by atoms with Crippen LogP contribution in [-0.4, -0.2) is 61.2 Å². The fourth-order valence-electron chi connectivity index (χ4n) is 4.17. The first-order valence-corrected chi connectivity index (χ1v) is 13.7. The van der Waals surface area contributed by atoms with Crippen molar-refractivity contribution in [3.8, 4) is 0 Å². The summed E-state index contributed by atoms with van der Waals surface area (Å²) in [5.41, 5.74) is 4.51. The monoisotopic (exact) mass is 524 g/mol. The van der Waals surface area contributed by atoms with E-state index in [4.69, 9.17) is 0 Å². The van der Waals surface area contributed by atoms with Gasteiger partial charge in [-0.05, 0) is 54.8 Å². The second-order valence-corrected chi connectivity index (χ2v) is 10.7. The molecule has 0 radical (unpaired) electrons. The summed E-state index contributed by atoms with van der Waals surface area (Å²) >= 11 is 1.30. The lowest BCUT2D eigenvalue weighted by Gasteiger charge is -2.22. The normalized spacial score (nSPS) is 16.3. The highest BCUT2D eigenvalue weighted by Gasteiger charge is 2.26. The predicted molar refractivity (Wildman–Crippen MR) is 138 cm³/mol. The summed E-state index contributed by atoms with van der Waals surface area (Å²) in [6, 6.07) is 14.9. The number of aromatic nitrogens is 1. The van der Waals surface area contributed by atoms with Crippen LogP contribution in [0.3, 0.4) is 0 Å². The average Bonchev–Trinajstić information content (AvgIpc) is 3.32. The van der Waals surface area contributed by atoms with Crippen molar-refractivity contribution < 1.29 is 18.0 Å². The Morgan fingerprint density at radius 2 is 1.64 bits per heavy atom. The van der Waals surface area contributed by atoms with Gasteiger partial charge in [0, 0.05) is 54.4 Å². The Balaban J connectivity index is 1.25. The van der Waals surface area contributed by atoms with E-state index in [9.17, 15) is 18.0 Å². The third kappa shape index (κ3) is 5.01. The molecule has 2 aliphatic rings. The minimum absolute atomic E-state index is 0.0855. The van der Waals surface area contributed by atoms with Crippen LogP contribution in [0.25, 0.3) is 10.9 Å². The maximum atomic E-state index is 13.1. The summed E-state index contributed by atoms with van der Waals surface area (Å²) in [5, 5.41) is 2.45. The number of hydrazine groups is 1. The maximum Gasteiger partial charge on any atom is 0.271 e. The highest BCUT2D eigenvalue weighted by atomic mass is 32.2. The lowest BCUT2D eigenvalue weighted by atomic mass is 10.2. The molecule has 12 heteroatoms. The molecule has 5 rings (SSSR count). The number of sulfonamides is 1. The summed E-state index contributed by atoms with van der Waals surface area (Å²) in [5.74, 6) is -0.257. The molecule has 0 saturated carbocycles. The summed E-state index contributed by atoms with van der Waals surface area (Å²) in [4.78, 5) is 36.3. The minimum atomic E-state index is -3.88. The summed E-state index contributed by atoms with van der Waals surface area (Å²) in [6.07, 6.45) is 2.22. The topological polar surface area (TPSA) is 124 Å². The summed E-state index contributed by atoms with van der Waals surface area (Å²) in [7, 11) is -3.88. The van der Waals surface area contributed by atoms with Gasteiger partial charge in [0.1, 0.15) is 10.6 Å². The van der Waals surface area contributed by atoms with Crippen molar-refractivity contribution >= 4 is 50.4 Å². The zero-order valence-electron chi connectivity index (χ0n) is 19.2. The number of nitrogens with one attached hydrogen (secondary N) is 3. The van der Waals surface area contributed by atoms with Gasteiger partial charge in [-0.3, -0.25) is 19.3 Å². The van der Waals surface area contributed by atoms with Crippen molar-refractivity contribution in [2.24, 2.45) is 0 Å². The Kier molecular flexibility index (Phi) is 6.81. The highest BCUT2D eigenvalue weighted by Crippen LogP contribution is 2.24. The number of hydrogen-bond acceptors (Lipinski definition) is 8. The van der Waals surface area contributed by atoms with Crippen molar-refractivity contribution in [3.05, 3.63) is 77.5 Å². The van der Waals surface area contributed by atoms with Gasteiger partial charge in [0.05, 0.1) is 5.52 Å². The van der Waals surface area contributed by atoms with E-state index < -0.39 is 10.0 Å². The quantitative estimate of drug-likeness (QED) is 0.435. The molecule has 2 aromatic carbocycles. The zero-order chi connectivity index (χ0) is 25.1. The molecule has 1 fully saturated rings. The number of hydrogen-bond donors (Lipinski definition) is 3. The molecule has 1 saturated heterocycles. The van der Waals surface area contributed by atoms with Crippen LogP contribution in [0.4, 0.5) is 5.69 Å². The number of rotatable bonds is 5. The smallest absolute Gasteiger partial charge is 0.271 e. The highest BCUT2D eigenvalue weighted by molar-refractivity contribution is 8.00. The molecule has 10 nitrogen and oxygen atoms in total. The molecule has 0 aliphatic carbocycles. The Bertz CT molecular complexity index is 1440. The molecule has 3 heterocycles. The largest absolute Gasteiger partial charge is 0.337 e. The van der Waals surface area contributed by atoms with Crippen molar-refractivity contribution in [3.63, 3.8) is 0 Å². The van der Waals surface area contributed by atoms with Gasteiger partial charge in [-0.25, -0.2) is 8.42 Å². The average molecular weight is 525 g/mol. The zero-order valence-corrected chi connectivity index (χ0v) is 20.8. The van der Waals surface area contributed by atoms with Crippen LogP contribution < -0.4 is 15.0 Å². The predicted octanol–water partition coefficient (Wildman–Crippen LogP) is 2.31. The van der Waals surface area contributed by atoms with Crippen LogP contribution in [-0.2, 0) is 14.8 Å². The van der Waals surface area contributed by atoms with Crippen molar-refractivity contribution in [1.82, 2.24) is 25.0 Å². The number of fused-ring (bicyclic) bond motifs is 1. The molecule has 186 valence electrons. The van der Waals surface area contributed by atoms with Crippen LogP contribution in [0.2, 0.25) is 0 Å².